The standard InChI is InChI=1S/C19H22BrNO4/c1-4-24-18-10-14(16(20)11-17(18)23-3)12-21-15-8-6-13(7-9-15)19(22)25-5-2/h6-11,21H,4-5,12H2,1-3H3. The highest BCUT2D eigenvalue weighted by atomic mass is 79.9. The molecule has 1 N–H and O–H groups in total. The number of nitrogens with one attached hydrogen (secondary N) is 1. The largest absolute Gasteiger partial charge is 0.493 e. The van der Waals surface area contributed by atoms with Gasteiger partial charge in [0.1, 0.15) is 0 Å². The van der Waals surface area contributed by atoms with Crippen molar-refractivity contribution in [1.82, 2.24) is 0 Å². The molecule has 0 fully saturated rings. The van der Waals surface area contributed by atoms with Crippen LogP contribution in [0.2, 0.25) is 0 Å². The highest BCUT2D eigenvalue weighted by Crippen LogP contribution is 2.34. The summed E-state index contributed by atoms with van der Waals surface area (Å²) in [6.45, 7) is 5.26. The fourth-order valence-corrected chi connectivity index (χ4v) is 2.74. The van der Waals surface area contributed by atoms with Crippen LogP contribution in [0.15, 0.2) is 40.9 Å². The average molecular weight is 408 g/mol. The van der Waals surface area contributed by atoms with Crippen LogP contribution in [-0.4, -0.2) is 26.3 Å². The summed E-state index contributed by atoms with van der Waals surface area (Å²) in [5.41, 5.74) is 2.49. The Kier molecular flexibility index (Phi) is 7.13. The van der Waals surface area contributed by atoms with Gasteiger partial charge < -0.3 is 19.5 Å². The molecule has 5 nitrogen and oxygen atoms in total. The Labute approximate surface area is 156 Å². The van der Waals surface area contributed by atoms with Crippen LogP contribution < -0.4 is 14.8 Å². The van der Waals surface area contributed by atoms with Crippen LogP contribution in [0.5, 0.6) is 11.5 Å². The smallest absolute Gasteiger partial charge is 0.338 e. The van der Waals surface area contributed by atoms with Crippen molar-refractivity contribution < 1.29 is 19.0 Å². The van der Waals surface area contributed by atoms with E-state index in [0.29, 0.717) is 36.8 Å². The molecule has 2 aromatic carbocycles. The Morgan fingerprint density at radius 3 is 2.40 bits per heavy atom. The molecule has 0 amide bonds. The lowest BCUT2D eigenvalue weighted by Gasteiger charge is -2.14. The molecule has 0 aliphatic rings. The molecule has 25 heavy (non-hydrogen) atoms. The van der Waals surface area contributed by atoms with Crippen LogP contribution in [0, 0.1) is 0 Å². The zero-order valence-electron chi connectivity index (χ0n) is 14.6. The topological polar surface area (TPSA) is 56.8 Å². The fraction of sp³-hybridized carbons (Fsp3) is 0.316. The van der Waals surface area contributed by atoms with Crippen molar-refractivity contribution in [3.05, 3.63) is 52.0 Å². The number of hydrogen-bond acceptors (Lipinski definition) is 5. The first kappa shape index (κ1) is 19.1. The molecule has 0 saturated carbocycles. The van der Waals surface area contributed by atoms with Gasteiger partial charge in [-0.3, -0.25) is 0 Å². The van der Waals surface area contributed by atoms with Gasteiger partial charge >= 0.3 is 5.97 Å². The second kappa shape index (κ2) is 9.32. The first-order valence-electron chi connectivity index (χ1n) is 8.09. The third-order valence-electron chi connectivity index (χ3n) is 3.51. The van der Waals surface area contributed by atoms with Gasteiger partial charge in [0.05, 0.1) is 25.9 Å². The van der Waals surface area contributed by atoms with E-state index in [-0.39, 0.29) is 5.97 Å². The third kappa shape index (κ3) is 5.13. The minimum absolute atomic E-state index is 0.312. The maximum absolute atomic E-state index is 11.7. The number of halogens is 1. The SMILES string of the molecule is CCOC(=O)c1ccc(NCc2cc(OCC)c(OC)cc2Br)cc1. The van der Waals surface area contributed by atoms with Gasteiger partial charge in [-0.15, -0.1) is 0 Å². The predicted octanol–water partition coefficient (Wildman–Crippen LogP) is 4.65. The average Bonchev–Trinajstić information content (AvgIpc) is 2.62. The first-order valence-corrected chi connectivity index (χ1v) is 8.88. The normalized spacial score (nSPS) is 10.2. The van der Waals surface area contributed by atoms with Crippen molar-refractivity contribution in [2.75, 3.05) is 25.6 Å². The number of ether oxygens (including phenoxy) is 3. The zero-order chi connectivity index (χ0) is 18.2. The van der Waals surface area contributed by atoms with Gasteiger partial charge in [-0.05, 0) is 55.8 Å². The summed E-state index contributed by atoms with van der Waals surface area (Å²) in [4.78, 5) is 11.7. The second-order valence-corrected chi connectivity index (χ2v) is 6.03. The molecule has 134 valence electrons. The monoisotopic (exact) mass is 407 g/mol. The van der Waals surface area contributed by atoms with E-state index in [1.54, 1.807) is 26.2 Å². The maximum Gasteiger partial charge on any atom is 0.338 e. The summed E-state index contributed by atoms with van der Waals surface area (Å²) in [6, 6.07) is 11.0. The molecule has 0 aromatic heterocycles. The molecule has 0 aliphatic carbocycles. The number of methoxy groups -OCH3 is 1. The molecule has 0 atom stereocenters. The van der Waals surface area contributed by atoms with Crippen molar-refractivity contribution in [3.63, 3.8) is 0 Å². The molecule has 0 saturated heterocycles. The Morgan fingerprint density at radius 2 is 1.80 bits per heavy atom. The van der Waals surface area contributed by atoms with E-state index in [1.807, 2.05) is 31.2 Å². The maximum atomic E-state index is 11.7. The van der Waals surface area contributed by atoms with E-state index < -0.39 is 0 Å². The van der Waals surface area contributed by atoms with Gasteiger partial charge in [0.25, 0.3) is 0 Å². The van der Waals surface area contributed by atoms with E-state index in [2.05, 4.69) is 21.2 Å². The van der Waals surface area contributed by atoms with Gasteiger partial charge in [0.15, 0.2) is 11.5 Å². The fourth-order valence-electron chi connectivity index (χ4n) is 2.28. The minimum atomic E-state index is -0.312. The molecule has 0 bridgehead atoms. The minimum Gasteiger partial charge on any atom is -0.493 e. The quantitative estimate of drug-likeness (QED) is 0.645. The summed E-state index contributed by atoms with van der Waals surface area (Å²) in [5.74, 6) is 1.09. The predicted molar refractivity (Wildman–Crippen MR) is 102 cm³/mol. The van der Waals surface area contributed by atoms with Crippen molar-refractivity contribution in [3.8, 4) is 11.5 Å². The second-order valence-electron chi connectivity index (χ2n) is 5.18. The molecule has 2 rings (SSSR count). The van der Waals surface area contributed by atoms with E-state index in [0.717, 1.165) is 15.7 Å². The summed E-state index contributed by atoms with van der Waals surface area (Å²) in [7, 11) is 1.62. The zero-order valence-corrected chi connectivity index (χ0v) is 16.2. The van der Waals surface area contributed by atoms with E-state index in [4.69, 9.17) is 14.2 Å². The van der Waals surface area contributed by atoms with Gasteiger partial charge in [-0.1, -0.05) is 15.9 Å². The summed E-state index contributed by atoms with van der Waals surface area (Å²) in [6.07, 6.45) is 0. The third-order valence-corrected chi connectivity index (χ3v) is 4.25. The number of hydrogen-bond donors (Lipinski definition) is 1. The molecule has 2 aromatic rings. The van der Waals surface area contributed by atoms with Gasteiger partial charge in [-0.25, -0.2) is 4.79 Å². The molecule has 0 aliphatic heterocycles. The number of rotatable bonds is 8. The lowest BCUT2D eigenvalue weighted by Crippen LogP contribution is -2.05. The lowest BCUT2D eigenvalue weighted by atomic mass is 10.1. The van der Waals surface area contributed by atoms with E-state index in [1.165, 1.54) is 0 Å². The molecule has 0 spiro atoms. The Bertz CT molecular complexity index is 716. The number of benzene rings is 2. The molecular weight excluding hydrogens is 386 g/mol. The highest BCUT2D eigenvalue weighted by molar-refractivity contribution is 9.10. The number of anilines is 1. The molecule has 0 heterocycles. The van der Waals surface area contributed by atoms with Crippen LogP contribution in [0.25, 0.3) is 0 Å². The van der Waals surface area contributed by atoms with Crippen LogP contribution in [-0.2, 0) is 11.3 Å². The van der Waals surface area contributed by atoms with Crippen LogP contribution in [0.3, 0.4) is 0 Å². The van der Waals surface area contributed by atoms with Crippen molar-refractivity contribution in [2.24, 2.45) is 0 Å². The molecule has 0 unspecified atom stereocenters. The lowest BCUT2D eigenvalue weighted by molar-refractivity contribution is 0.0526. The van der Waals surface area contributed by atoms with Gasteiger partial charge in [0.2, 0.25) is 0 Å². The molecular formula is C19H22BrNO4. The molecule has 0 radical (unpaired) electrons. The molecule has 6 heteroatoms. The first-order chi connectivity index (χ1) is 12.1. The van der Waals surface area contributed by atoms with E-state index >= 15 is 0 Å². The number of carbonyl (C=O) groups excluding carboxylic acids is 1. The van der Waals surface area contributed by atoms with Gasteiger partial charge in [0, 0.05) is 16.7 Å². The summed E-state index contributed by atoms with van der Waals surface area (Å²) < 4.78 is 16.9. The van der Waals surface area contributed by atoms with Crippen molar-refractivity contribution in [1.29, 1.82) is 0 Å². The van der Waals surface area contributed by atoms with E-state index in [9.17, 15) is 4.79 Å². The Morgan fingerprint density at radius 1 is 1.08 bits per heavy atom. The number of carbonyl (C=O) groups is 1. The van der Waals surface area contributed by atoms with Crippen molar-refractivity contribution in [2.45, 2.75) is 20.4 Å². The number of esters is 1. The Hall–Kier alpha value is -2.21. The van der Waals surface area contributed by atoms with Crippen LogP contribution >= 0.6 is 15.9 Å². The highest BCUT2D eigenvalue weighted by Gasteiger charge is 2.10. The Balaban J connectivity index is 2.08. The van der Waals surface area contributed by atoms with Crippen molar-refractivity contribution >= 4 is 27.6 Å². The van der Waals surface area contributed by atoms with Crippen LogP contribution in [0.1, 0.15) is 29.8 Å². The summed E-state index contributed by atoms with van der Waals surface area (Å²) >= 11 is 3.56. The van der Waals surface area contributed by atoms with Gasteiger partial charge in [-0.2, -0.15) is 0 Å². The van der Waals surface area contributed by atoms with Crippen LogP contribution in [0.4, 0.5) is 5.69 Å². The summed E-state index contributed by atoms with van der Waals surface area (Å²) in [5, 5.41) is 3.33.